The molecule has 1 saturated carbocycles. The Labute approximate surface area is 160 Å². The Bertz CT molecular complexity index is 719. The van der Waals surface area contributed by atoms with E-state index in [1.54, 1.807) is 23.1 Å². The van der Waals surface area contributed by atoms with Gasteiger partial charge in [-0.25, -0.2) is 4.79 Å². The molecular weight excluding hydrogens is 342 g/mol. The van der Waals surface area contributed by atoms with Crippen LogP contribution in [0.3, 0.4) is 0 Å². The predicted molar refractivity (Wildman–Crippen MR) is 105 cm³/mol. The summed E-state index contributed by atoms with van der Waals surface area (Å²) < 4.78 is 0. The number of nitrogens with zero attached hydrogens (tertiary/aromatic N) is 2. The fourth-order valence-electron chi connectivity index (χ4n) is 4.07. The van der Waals surface area contributed by atoms with Crippen LogP contribution in [0.25, 0.3) is 0 Å². The van der Waals surface area contributed by atoms with Crippen LogP contribution < -0.4 is 5.32 Å². The summed E-state index contributed by atoms with van der Waals surface area (Å²) in [7, 11) is 0. The summed E-state index contributed by atoms with van der Waals surface area (Å²) in [5.74, 6) is -0.421. The highest BCUT2D eigenvalue weighted by Crippen LogP contribution is 2.32. The quantitative estimate of drug-likeness (QED) is 0.759. The molecule has 6 nitrogen and oxygen atoms in total. The van der Waals surface area contributed by atoms with E-state index in [4.69, 9.17) is 0 Å². The summed E-state index contributed by atoms with van der Waals surface area (Å²) in [5.41, 5.74) is 1.41. The number of fused-ring (bicyclic) bond motifs is 1. The van der Waals surface area contributed by atoms with Crippen LogP contribution >= 0.6 is 0 Å². The Morgan fingerprint density at radius 2 is 1.67 bits per heavy atom. The Morgan fingerprint density at radius 3 is 2.30 bits per heavy atom. The molecule has 27 heavy (non-hydrogen) atoms. The molecule has 1 heterocycles. The van der Waals surface area contributed by atoms with Gasteiger partial charge < -0.3 is 10.2 Å². The minimum Gasteiger partial charge on any atom is -0.325 e. The minimum absolute atomic E-state index is 0.00814. The van der Waals surface area contributed by atoms with Crippen LogP contribution in [0.15, 0.2) is 18.2 Å². The second-order valence-corrected chi connectivity index (χ2v) is 7.45. The second-order valence-electron chi connectivity index (χ2n) is 7.45. The number of benzene rings is 1. The highest BCUT2D eigenvalue weighted by molar-refractivity contribution is 6.22. The molecule has 1 N–H and O–H groups in total. The molecule has 0 unspecified atom stereocenters. The molecule has 146 valence electrons. The molecule has 1 aliphatic heterocycles. The monoisotopic (exact) mass is 371 g/mol. The highest BCUT2D eigenvalue weighted by Gasteiger charge is 2.40. The standard InChI is InChI=1S/C21H29N3O3/c1-3-12-23(13-4-2)21(27)22-15-10-11-17-18(14-15)20(26)24(19(17)25)16-8-6-5-7-9-16/h10-11,14,16H,3-9,12-13H2,1-2H3,(H,22,27). The molecule has 0 aromatic heterocycles. The van der Waals surface area contributed by atoms with E-state index in [0.717, 1.165) is 38.5 Å². The number of amides is 4. The molecule has 3 rings (SSSR count). The summed E-state index contributed by atoms with van der Waals surface area (Å²) in [6.45, 7) is 5.46. The summed E-state index contributed by atoms with van der Waals surface area (Å²) in [5, 5.41) is 2.88. The lowest BCUT2D eigenvalue weighted by atomic mass is 9.94. The van der Waals surface area contributed by atoms with Crippen molar-refractivity contribution in [3.63, 3.8) is 0 Å². The van der Waals surface area contributed by atoms with Gasteiger partial charge in [0.15, 0.2) is 0 Å². The van der Waals surface area contributed by atoms with E-state index in [2.05, 4.69) is 5.32 Å². The van der Waals surface area contributed by atoms with E-state index in [1.807, 2.05) is 13.8 Å². The first-order valence-electron chi connectivity index (χ1n) is 10.1. The van der Waals surface area contributed by atoms with Crippen molar-refractivity contribution < 1.29 is 14.4 Å². The largest absolute Gasteiger partial charge is 0.325 e. The van der Waals surface area contributed by atoms with Crippen molar-refractivity contribution >= 4 is 23.5 Å². The Hall–Kier alpha value is -2.37. The zero-order chi connectivity index (χ0) is 19.4. The van der Waals surface area contributed by atoms with Crippen LogP contribution in [0.1, 0.15) is 79.5 Å². The summed E-state index contributed by atoms with van der Waals surface area (Å²) >= 11 is 0. The van der Waals surface area contributed by atoms with Crippen LogP contribution in [0.5, 0.6) is 0 Å². The number of rotatable bonds is 6. The third-order valence-electron chi connectivity index (χ3n) is 5.38. The second kappa shape index (κ2) is 8.55. The zero-order valence-corrected chi connectivity index (χ0v) is 16.3. The molecule has 0 atom stereocenters. The molecule has 1 aromatic carbocycles. The number of imide groups is 1. The first kappa shape index (κ1) is 19.4. The molecule has 0 bridgehead atoms. The smallest absolute Gasteiger partial charge is 0.321 e. The van der Waals surface area contributed by atoms with Gasteiger partial charge in [-0.05, 0) is 43.9 Å². The number of hydrogen-bond donors (Lipinski definition) is 1. The SMILES string of the molecule is CCCN(CCC)C(=O)Nc1ccc2c(c1)C(=O)N(C1CCCCC1)C2=O. The lowest BCUT2D eigenvalue weighted by Gasteiger charge is -2.29. The van der Waals surface area contributed by atoms with E-state index in [1.165, 1.54) is 11.3 Å². The molecule has 0 saturated heterocycles. The fraction of sp³-hybridized carbons (Fsp3) is 0.571. The molecule has 0 radical (unpaired) electrons. The van der Waals surface area contributed by atoms with Crippen molar-refractivity contribution in [1.82, 2.24) is 9.80 Å². The van der Waals surface area contributed by atoms with Crippen molar-refractivity contribution in [2.45, 2.75) is 64.8 Å². The van der Waals surface area contributed by atoms with Gasteiger partial charge in [0, 0.05) is 24.8 Å². The summed E-state index contributed by atoms with van der Waals surface area (Å²) in [6.07, 6.45) is 6.84. The van der Waals surface area contributed by atoms with E-state index in [0.29, 0.717) is 29.9 Å². The summed E-state index contributed by atoms with van der Waals surface area (Å²) in [4.78, 5) is 41.3. The van der Waals surface area contributed by atoms with Crippen LogP contribution in [0.4, 0.5) is 10.5 Å². The Kier molecular flexibility index (Phi) is 6.14. The number of hydrogen-bond acceptors (Lipinski definition) is 3. The van der Waals surface area contributed by atoms with Crippen LogP contribution in [-0.2, 0) is 0 Å². The maximum atomic E-state index is 12.9. The predicted octanol–water partition coefficient (Wildman–Crippen LogP) is 4.27. The minimum atomic E-state index is -0.225. The van der Waals surface area contributed by atoms with E-state index < -0.39 is 0 Å². The Balaban J connectivity index is 1.76. The Morgan fingerprint density at radius 1 is 1.04 bits per heavy atom. The van der Waals surface area contributed by atoms with Gasteiger partial charge in [-0.15, -0.1) is 0 Å². The number of anilines is 1. The van der Waals surface area contributed by atoms with Crippen molar-refractivity contribution in [1.29, 1.82) is 0 Å². The molecule has 6 heteroatoms. The van der Waals surface area contributed by atoms with E-state index in [-0.39, 0.29) is 23.9 Å². The lowest BCUT2D eigenvalue weighted by Crippen LogP contribution is -2.40. The first-order chi connectivity index (χ1) is 13.1. The number of carbonyl (C=O) groups excluding carboxylic acids is 3. The van der Waals surface area contributed by atoms with Crippen molar-refractivity contribution in [2.75, 3.05) is 18.4 Å². The topological polar surface area (TPSA) is 69.7 Å². The van der Waals surface area contributed by atoms with Gasteiger partial charge in [0.05, 0.1) is 11.1 Å². The molecule has 2 aliphatic rings. The maximum Gasteiger partial charge on any atom is 0.321 e. The third kappa shape index (κ3) is 3.99. The molecule has 1 aliphatic carbocycles. The molecular formula is C21H29N3O3. The first-order valence-corrected chi connectivity index (χ1v) is 10.1. The highest BCUT2D eigenvalue weighted by atomic mass is 16.2. The van der Waals surface area contributed by atoms with Gasteiger partial charge in [0.25, 0.3) is 11.8 Å². The van der Waals surface area contributed by atoms with Gasteiger partial charge in [-0.2, -0.15) is 0 Å². The molecule has 1 aromatic rings. The number of carbonyl (C=O) groups is 3. The maximum absolute atomic E-state index is 12.9. The lowest BCUT2D eigenvalue weighted by molar-refractivity contribution is 0.0549. The molecule has 1 fully saturated rings. The van der Waals surface area contributed by atoms with Crippen molar-refractivity contribution in [3.05, 3.63) is 29.3 Å². The van der Waals surface area contributed by atoms with E-state index >= 15 is 0 Å². The van der Waals surface area contributed by atoms with Crippen molar-refractivity contribution in [2.24, 2.45) is 0 Å². The van der Waals surface area contributed by atoms with Gasteiger partial charge in [-0.1, -0.05) is 33.1 Å². The van der Waals surface area contributed by atoms with Gasteiger partial charge >= 0.3 is 6.03 Å². The molecule has 0 spiro atoms. The van der Waals surface area contributed by atoms with Crippen LogP contribution in [-0.4, -0.2) is 46.8 Å². The average Bonchev–Trinajstić information content (AvgIpc) is 2.92. The zero-order valence-electron chi connectivity index (χ0n) is 16.3. The van der Waals surface area contributed by atoms with E-state index in [9.17, 15) is 14.4 Å². The van der Waals surface area contributed by atoms with Crippen LogP contribution in [0, 0.1) is 0 Å². The van der Waals surface area contributed by atoms with Gasteiger partial charge in [0.2, 0.25) is 0 Å². The fourth-order valence-corrected chi connectivity index (χ4v) is 4.07. The number of urea groups is 1. The van der Waals surface area contributed by atoms with Gasteiger partial charge in [0.1, 0.15) is 0 Å². The van der Waals surface area contributed by atoms with Gasteiger partial charge in [-0.3, -0.25) is 14.5 Å². The summed E-state index contributed by atoms with van der Waals surface area (Å²) in [6, 6.07) is 4.86. The van der Waals surface area contributed by atoms with Crippen LogP contribution in [0.2, 0.25) is 0 Å². The van der Waals surface area contributed by atoms with Crippen molar-refractivity contribution in [3.8, 4) is 0 Å². The average molecular weight is 371 g/mol. The number of nitrogens with one attached hydrogen (secondary N) is 1. The normalized spacial score (nSPS) is 17.2. The third-order valence-corrected chi connectivity index (χ3v) is 5.38. The molecule has 4 amide bonds.